The highest BCUT2D eigenvalue weighted by atomic mass is 32.2. The smallest absolute Gasteiger partial charge is 0.238 e. The van der Waals surface area contributed by atoms with Crippen molar-refractivity contribution >= 4 is 33.2 Å². The SMILES string of the molecule is NS(=O)(=O)c1ccccc1-c1ccc2[nH]c(/C=C/c3ccccc3)nc2c1. The first-order chi connectivity index (χ1) is 13.0. The van der Waals surface area contributed by atoms with E-state index in [0.717, 1.165) is 28.0 Å². The molecule has 3 aromatic carbocycles. The molecule has 0 atom stereocenters. The van der Waals surface area contributed by atoms with E-state index in [1.807, 2.05) is 60.7 Å². The molecular weight excluding hydrogens is 358 g/mol. The van der Waals surface area contributed by atoms with Crippen molar-refractivity contribution in [1.82, 2.24) is 9.97 Å². The molecule has 4 rings (SSSR count). The molecule has 0 fully saturated rings. The molecule has 0 spiro atoms. The maximum atomic E-state index is 11.9. The third-order valence-corrected chi connectivity index (χ3v) is 5.21. The number of aromatic amines is 1. The molecule has 0 bridgehead atoms. The number of hydrogen-bond acceptors (Lipinski definition) is 3. The number of benzene rings is 3. The fraction of sp³-hybridized carbons (Fsp3) is 0. The number of primary sulfonamides is 1. The largest absolute Gasteiger partial charge is 0.338 e. The zero-order valence-electron chi connectivity index (χ0n) is 14.3. The quantitative estimate of drug-likeness (QED) is 0.564. The monoisotopic (exact) mass is 375 g/mol. The molecule has 0 saturated carbocycles. The summed E-state index contributed by atoms with van der Waals surface area (Å²) in [7, 11) is -3.81. The highest BCUT2D eigenvalue weighted by Crippen LogP contribution is 2.28. The lowest BCUT2D eigenvalue weighted by atomic mass is 10.1. The van der Waals surface area contributed by atoms with Crippen molar-refractivity contribution in [3.8, 4) is 11.1 Å². The first-order valence-electron chi connectivity index (χ1n) is 8.36. The van der Waals surface area contributed by atoms with Crippen LogP contribution in [0.1, 0.15) is 11.4 Å². The molecule has 134 valence electrons. The first-order valence-corrected chi connectivity index (χ1v) is 9.90. The number of rotatable bonds is 4. The number of nitrogens with one attached hydrogen (secondary N) is 1. The Hall–Kier alpha value is -3.22. The lowest BCUT2D eigenvalue weighted by Gasteiger charge is -2.07. The van der Waals surface area contributed by atoms with E-state index >= 15 is 0 Å². The van der Waals surface area contributed by atoms with E-state index < -0.39 is 10.0 Å². The predicted molar refractivity (Wildman–Crippen MR) is 108 cm³/mol. The second-order valence-electron chi connectivity index (χ2n) is 6.14. The summed E-state index contributed by atoms with van der Waals surface area (Å²) in [6.07, 6.45) is 3.89. The second kappa shape index (κ2) is 6.83. The number of nitrogens with two attached hydrogens (primary N) is 1. The molecule has 0 aliphatic rings. The molecule has 0 aliphatic carbocycles. The van der Waals surface area contributed by atoms with Crippen LogP contribution in [0.3, 0.4) is 0 Å². The molecular formula is C21H17N3O2S. The summed E-state index contributed by atoms with van der Waals surface area (Å²) in [5, 5.41) is 5.35. The van der Waals surface area contributed by atoms with E-state index in [9.17, 15) is 8.42 Å². The summed E-state index contributed by atoms with van der Waals surface area (Å²) < 4.78 is 23.7. The van der Waals surface area contributed by atoms with E-state index in [1.54, 1.807) is 18.2 Å². The van der Waals surface area contributed by atoms with Crippen LogP contribution in [0.15, 0.2) is 77.7 Å². The Morgan fingerprint density at radius 2 is 1.63 bits per heavy atom. The fourth-order valence-electron chi connectivity index (χ4n) is 2.96. The van der Waals surface area contributed by atoms with Gasteiger partial charge in [0.25, 0.3) is 0 Å². The van der Waals surface area contributed by atoms with Gasteiger partial charge in [-0.3, -0.25) is 0 Å². The van der Waals surface area contributed by atoms with E-state index in [-0.39, 0.29) is 4.90 Å². The van der Waals surface area contributed by atoms with Gasteiger partial charge in [0, 0.05) is 5.56 Å². The van der Waals surface area contributed by atoms with Crippen LogP contribution in [0.5, 0.6) is 0 Å². The van der Waals surface area contributed by atoms with Crippen LogP contribution in [0.2, 0.25) is 0 Å². The van der Waals surface area contributed by atoms with Gasteiger partial charge in [-0.2, -0.15) is 0 Å². The summed E-state index contributed by atoms with van der Waals surface area (Å²) in [6, 6.07) is 22.2. The molecule has 1 heterocycles. The Balaban J connectivity index is 1.73. The molecule has 0 saturated heterocycles. The van der Waals surface area contributed by atoms with E-state index in [4.69, 9.17) is 5.14 Å². The van der Waals surface area contributed by atoms with Crippen LogP contribution in [-0.4, -0.2) is 18.4 Å². The molecule has 6 heteroatoms. The minimum Gasteiger partial charge on any atom is -0.338 e. The third-order valence-electron chi connectivity index (χ3n) is 4.24. The Bertz CT molecular complexity index is 1240. The van der Waals surface area contributed by atoms with Crippen LogP contribution in [-0.2, 0) is 10.0 Å². The van der Waals surface area contributed by atoms with Gasteiger partial charge in [0.2, 0.25) is 10.0 Å². The lowest BCUT2D eigenvalue weighted by molar-refractivity contribution is 0.598. The van der Waals surface area contributed by atoms with E-state index in [0.29, 0.717) is 5.56 Å². The first kappa shape index (κ1) is 17.2. The molecule has 27 heavy (non-hydrogen) atoms. The minimum absolute atomic E-state index is 0.101. The topological polar surface area (TPSA) is 88.8 Å². The molecule has 0 radical (unpaired) electrons. The number of H-pyrrole nitrogens is 1. The number of aromatic nitrogens is 2. The van der Waals surface area contributed by atoms with Gasteiger partial charge in [-0.05, 0) is 35.4 Å². The molecule has 0 unspecified atom stereocenters. The molecule has 3 N–H and O–H groups in total. The van der Waals surface area contributed by atoms with Gasteiger partial charge in [-0.25, -0.2) is 18.5 Å². The molecule has 5 nitrogen and oxygen atoms in total. The normalized spacial score (nSPS) is 12.0. The van der Waals surface area contributed by atoms with E-state index in [2.05, 4.69) is 9.97 Å². The number of sulfonamides is 1. The van der Waals surface area contributed by atoms with Crippen molar-refractivity contribution < 1.29 is 8.42 Å². The number of imidazole rings is 1. The average Bonchev–Trinajstić information content (AvgIpc) is 3.08. The van der Waals surface area contributed by atoms with Crippen molar-refractivity contribution in [3.05, 3.63) is 84.2 Å². The maximum Gasteiger partial charge on any atom is 0.238 e. The minimum atomic E-state index is -3.81. The molecule has 0 amide bonds. The number of fused-ring (bicyclic) bond motifs is 1. The summed E-state index contributed by atoms with van der Waals surface area (Å²) in [5.41, 5.74) is 4.02. The number of nitrogens with zero attached hydrogens (tertiary/aromatic N) is 1. The van der Waals surface area contributed by atoms with Crippen LogP contribution in [0.4, 0.5) is 0 Å². The zero-order valence-corrected chi connectivity index (χ0v) is 15.1. The average molecular weight is 375 g/mol. The third kappa shape index (κ3) is 3.67. The predicted octanol–water partition coefficient (Wildman–Crippen LogP) is 4.05. The van der Waals surface area contributed by atoms with Crippen LogP contribution in [0, 0.1) is 0 Å². The summed E-state index contributed by atoms with van der Waals surface area (Å²) in [4.78, 5) is 7.93. The van der Waals surface area contributed by atoms with Crippen LogP contribution in [0.25, 0.3) is 34.3 Å². The Morgan fingerprint density at radius 3 is 2.41 bits per heavy atom. The highest BCUT2D eigenvalue weighted by Gasteiger charge is 2.15. The van der Waals surface area contributed by atoms with Gasteiger partial charge in [0.15, 0.2) is 0 Å². The summed E-state index contributed by atoms with van der Waals surface area (Å²) >= 11 is 0. The maximum absolute atomic E-state index is 11.9. The van der Waals surface area contributed by atoms with Crippen LogP contribution < -0.4 is 5.14 Å². The van der Waals surface area contributed by atoms with Crippen molar-refractivity contribution in [3.63, 3.8) is 0 Å². The summed E-state index contributed by atoms with van der Waals surface area (Å²) in [6.45, 7) is 0. The Labute approximate surface area is 157 Å². The number of hydrogen-bond donors (Lipinski definition) is 2. The standard InChI is InChI=1S/C21H17N3O2S/c22-27(25,26)20-9-5-4-8-17(20)16-11-12-18-19(14-16)24-21(23-18)13-10-15-6-2-1-3-7-15/h1-14H,(H,23,24)(H2,22,25,26)/b13-10+. The Kier molecular flexibility index (Phi) is 4.35. The molecule has 4 aromatic rings. The van der Waals surface area contributed by atoms with Crippen molar-refractivity contribution in [2.75, 3.05) is 0 Å². The van der Waals surface area contributed by atoms with Crippen molar-refractivity contribution in [2.45, 2.75) is 4.90 Å². The van der Waals surface area contributed by atoms with Gasteiger partial charge < -0.3 is 4.98 Å². The van der Waals surface area contributed by atoms with Crippen molar-refractivity contribution in [1.29, 1.82) is 0 Å². The van der Waals surface area contributed by atoms with Gasteiger partial charge in [-0.1, -0.05) is 60.7 Å². The molecule has 1 aromatic heterocycles. The van der Waals surface area contributed by atoms with Gasteiger partial charge in [0.1, 0.15) is 5.82 Å². The fourth-order valence-corrected chi connectivity index (χ4v) is 3.73. The zero-order chi connectivity index (χ0) is 18.9. The summed E-state index contributed by atoms with van der Waals surface area (Å²) in [5.74, 6) is 0.728. The van der Waals surface area contributed by atoms with Gasteiger partial charge >= 0.3 is 0 Å². The van der Waals surface area contributed by atoms with Gasteiger partial charge in [-0.15, -0.1) is 0 Å². The van der Waals surface area contributed by atoms with Gasteiger partial charge in [0.05, 0.1) is 15.9 Å². The van der Waals surface area contributed by atoms with Crippen LogP contribution >= 0.6 is 0 Å². The Morgan fingerprint density at radius 1 is 0.889 bits per heavy atom. The molecule has 0 aliphatic heterocycles. The van der Waals surface area contributed by atoms with Crippen molar-refractivity contribution in [2.24, 2.45) is 5.14 Å². The lowest BCUT2D eigenvalue weighted by Crippen LogP contribution is -2.13. The van der Waals surface area contributed by atoms with E-state index in [1.165, 1.54) is 6.07 Å². The second-order valence-corrected chi connectivity index (χ2v) is 7.67. The highest BCUT2D eigenvalue weighted by molar-refractivity contribution is 7.89.